The largest absolute Gasteiger partial charge is 0.387 e. The molecule has 7 rings (SSSR count). The van der Waals surface area contributed by atoms with Gasteiger partial charge in [0.15, 0.2) is 0 Å². The second kappa shape index (κ2) is 8.38. The highest BCUT2D eigenvalue weighted by Gasteiger charge is 2.65. The molecule has 3 fully saturated rings. The molecule has 3 aliphatic carbocycles. The van der Waals surface area contributed by atoms with Crippen molar-refractivity contribution < 1.29 is 19.8 Å². The van der Waals surface area contributed by atoms with Crippen molar-refractivity contribution in [2.75, 3.05) is 0 Å². The Morgan fingerprint density at radius 3 is 1.44 bits per heavy atom. The Morgan fingerprint density at radius 2 is 1.05 bits per heavy atom. The molecule has 3 saturated carbocycles. The number of rotatable bonds is 8. The summed E-state index contributed by atoms with van der Waals surface area (Å²) in [4.78, 5) is 29.2. The third-order valence-electron chi connectivity index (χ3n) is 9.20. The van der Waals surface area contributed by atoms with Crippen LogP contribution in [-0.2, 0) is 9.59 Å². The van der Waals surface area contributed by atoms with Crippen molar-refractivity contribution in [3.63, 3.8) is 0 Å². The number of aliphatic hydroxyl groups is 2. The number of fused-ring (bicyclic) bond motifs is 2. The van der Waals surface area contributed by atoms with Crippen LogP contribution in [0.4, 0.5) is 0 Å². The molecule has 198 valence electrons. The van der Waals surface area contributed by atoms with Crippen LogP contribution in [0, 0.1) is 5.41 Å². The molecule has 0 heterocycles. The van der Waals surface area contributed by atoms with Crippen LogP contribution >= 0.6 is 0 Å². The highest BCUT2D eigenvalue weighted by molar-refractivity contribution is 6.08. The topological polar surface area (TPSA) is 104 Å². The van der Waals surface area contributed by atoms with Crippen LogP contribution < -0.4 is 5.73 Å². The molecular weight excluding hydrogens is 488 g/mol. The van der Waals surface area contributed by atoms with Gasteiger partial charge in [-0.25, -0.2) is 0 Å². The van der Waals surface area contributed by atoms with E-state index in [1.165, 1.54) is 0 Å². The summed E-state index contributed by atoms with van der Waals surface area (Å²) < 4.78 is 0. The molecule has 6 heteroatoms. The van der Waals surface area contributed by atoms with E-state index in [-0.39, 0.29) is 0 Å². The normalized spacial score (nSPS) is 21.2. The third kappa shape index (κ3) is 3.77. The van der Waals surface area contributed by atoms with Gasteiger partial charge in [-0.05, 0) is 71.2 Å². The Balaban J connectivity index is 1.51. The second-order valence-corrected chi connectivity index (χ2v) is 11.8. The first-order valence-electron chi connectivity index (χ1n) is 13.8. The van der Waals surface area contributed by atoms with Gasteiger partial charge in [-0.2, -0.15) is 0 Å². The van der Waals surface area contributed by atoms with Crippen LogP contribution in [0.15, 0.2) is 84.9 Å². The number of amides is 2. The van der Waals surface area contributed by atoms with Crippen molar-refractivity contribution in [3.8, 4) is 0 Å². The monoisotopic (exact) mass is 520 g/mol. The molecule has 6 nitrogen and oxygen atoms in total. The van der Waals surface area contributed by atoms with E-state index in [0.717, 1.165) is 32.7 Å². The van der Waals surface area contributed by atoms with Gasteiger partial charge in [0.1, 0.15) is 5.41 Å². The van der Waals surface area contributed by atoms with Crippen molar-refractivity contribution in [2.45, 2.75) is 61.8 Å². The van der Waals surface area contributed by atoms with Gasteiger partial charge in [0.2, 0.25) is 11.8 Å². The number of benzene rings is 4. The summed E-state index contributed by atoms with van der Waals surface area (Å²) >= 11 is 0. The number of carbonyl (C=O) groups is 2. The Hall–Kier alpha value is -3.74. The average molecular weight is 521 g/mol. The maximum Gasteiger partial charge on any atom is 0.239 e. The van der Waals surface area contributed by atoms with Crippen LogP contribution in [0.2, 0.25) is 0 Å². The fraction of sp³-hybridized carbons (Fsp3) is 0.333. The predicted molar refractivity (Wildman–Crippen MR) is 149 cm³/mol. The van der Waals surface area contributed by atoms with Crippen molar-refractivity contribution in [2.24, 2.45) is 11.1 Å². The van der Waals surface area contributed by atoms with Crippen molar-refractivity contribution in [1.29, 1.82) is 0 Å². The van der Waals surface area contributed by atoms with Gasteiger partial charge in [0.05, 0.1) is 23.3 Å². The van der Waals surface area contributed by atoms with Gasteiger partial charge < -0.3 is 20.8 Å². The van der Waals surface area contributed by atoms with Crippen molar-refractivity contribution >= 4 is 33.4 Å². The number of carbonyl (C=O) groups excluding carboxylic acids is 2. The zero-order chi connectivity index (χ0) is 27.0. The summed E-state index contributed by atoms with van der Waals surface area (Å²) in [5.41, 5.74) is 3.82. The second-order valence-electron chi connectivity index (χ2n) is 11.8. The fourth-order valence-electron chi connectivity index (χ4n) is 6.50. The molecule has 2 atom stereocenters. The van der Waals surface area contributed by atoms with E-state index < -0.39 is 40.5 Å². The predicted octanol–water partition coefficient (Wildman–Crippen LogP) is 4.92. The van der Waals surface area contributed by atoms with Gasteiger partial charge in [-0.1, -0.05) is 84.9 Å². The molecule has 39 heavy (non-hydrogen) atoms. The SMILES string of the molecule is NC(=O)C1(C(=O)N(C(c2cccc3ccccc23)C2(O)CC2)C(c2cccc3ccccc23)C2(O)CC2)CC1. The Labute approximate surface area is 227 Å². The van der Waals surface area contributed by atoms with Crippen LogP contribution in [0.3, 0.4) is 0 Å². The summed E-state index contributed by atoms with van der Waals surface area (Å²) in [5.74, 6) is -1.04. The maximum absolute atomic E-state index is 14.7. The number of primary amides is 1. The van der Waals surface area contributed by atoms with E-state index in [4.69, 9.17) is 5.73 Å². The van der Waals surface area contributed by atoms with Crippen LogP contribution in [0.5, 0.6) is 0 Å². The molecule has 0 spiro atoms. The first-order valence-corrected chi connectivity index (χ1v) is 13.8. The van der Waals surface area contributed by atoms with Gasteiger partial charge in [0, 0.05) is 0 Å². The lowest BCUT2D eigenvalue weighted by molar-refractivity contribution is -0.156. The van der Waals surface area contributed by atoms with E-state index in [1.54, 1.807) is 4.90 Å². The van der Waals surface area contributed by atoms with E-state index in [0.29, 0.717) is 38.5 Å². The smallest absolute Gasteiger partial charge is 0.239 e. The van der Waals surface area contributed by atoms with Gasteiger partial charge in [-0.3, -0.25) is 9.59 Å². The zero-order valence-corrected chi connectivity index (χ0v) is 21.7. The van der Waals surface area contributed by atoms with Crippen molar-refractivity contribution in [3.05, 3.63) is 96.1 Å². The quantitative estimate of drug-likeness (QED) is 0.287. The van der Waals surface area contributed by atoms with Gasteiger partial charge in [-0.15, -0.1) is 0 Å². The van der Waals surface area contributed by atoms with Crippen molar-refractivity contribution in [1.82, 2.24) is 4.90 Å². The Kier molecular flexibility index (Phi) is 5.22. The van der Waals surface area contributed by atoms with Gasteiger partial charge in [0.25, 0.3) is 0 Å². The molecule has 4 aromatic carbocycles. The van der Waals surface area contributed by atoms with E-state index in [1.807, 2.05) is 84.9 Å². The average Bonchev–Trinajstić information content (AvgIpc) is 3.84. The highest BCUT2D eigenvalue weighted by atomic mass is 16.3. The maximum atomic E-state index is 14.7. The van der Waals surface area contributed by atoms with Crippen LogP contribution in [0.25, 0.3) is 21.5 Å². The lowest BCUT2D eigenvalue weighted by Crippen LogP contribution is -2.53. The minimum absolute atomic E-state index is 0.374. The van der Waals surface area contributed by atoms with E-state index >= 15 is 0 Å². The minimum atomic E-state index is -1.32. The van der Waals surface area contributed by atoms with E-state index in [2.05, 4.69) is 0 Å². The Bertz CT molecular complexity index is 1520. The number of hydrogen-bond acceptors (Lipinski definition) is 4. The molecule has 0 aliphatic heterocycles. The lowest BCUT2D eigenvalue weighted by Gasteiger charge is -2.45. The summed E-state index contributed by atoms with van der Waals surface area (Å²) in [6, 6.07) is 26.2. The molecule has 2 unspecified atom stereocenters. The molecule has 2 amide bonds. The fourth-order valence-corrected chi connectivity index (χ4v) is 6.50. The summed E-state index contributed by atoms with van der Waals surface area (Å²) in [6.07, 6.45) is 2.84. The first-order chi connectivity index (χ1) is 18.8. The Morgan fingerprint density at radius 1 is 0.641 bits per heavy atom. The first kappa shape index (κ1) is 24.3. The summed E-state index contributed by atoms with van der Waals surface area (Å²) in [7, 11) is 0. The molecule has 0 aromatic heterocycles. The molecule has 3 aliphatic rings. The minimum Gasteiger partial charge on any atom is -0.387 e. The molecule has 0 bridgehead atoms. The number of hydrogen-bond donors (Lipinski definition) is 3. The highest BCUT2D eigenvalue weighted by Crippen LogP contribution is 2.60. The van der Waals surface area contributed by atoms with Crippen LogP contribution in [-0.4, -0.2) is 38.1 Å². The lowest BCUT2D eigenvalue weighted by atomic mass is 9.85. The third-order valence-corrected chi connectivity index (χ3v) is 9.20. The molecule has 0 radical (unpaired) electrons. The van der Waals surface area contributed by atoms with Crippen LogP contribution in [0.1, 0.15) is 61.7 Å². The zero-order valence-electron chi connectivity index (χ0n) is 21.7. The molecule has 0 saturated heterocycles. The van der Waals surface area contributed by atoms with Gasteiger partial charge >= 0.3 is 0 Å². The molecule has 4 aromatic rings. The number of nitrogens with two attached hydrogens (primary N) is 1. The molecule has 4 N–H and O–H groups in total. The summed E-state index contributed by atoms with van der Waals surface area (Å²) in [5, 5.41) is 27.8. The number of nitrogens with zero attached hydrogens (tertiary/aromatic N) is 1. The standard InChI is InChI=1S/C33H32N2O4/c34-29(36)31(15-16-31)30(37)35(27(32(38)17-18-32)25-13-5-9-21-7-1-3-11-23(21)25)28(33(39)19-20-33)26-14-6-10-22-8-2-4-12-24(22)26/h1-14,27-28,38-39H,15-20H2,(H2,34,36). The molecular formula is C33H32N2O4. The van der Waals surface area contributed by atoms with E-state index in [9.17, 15) is 19.8 Å². The summed E-state index contributed by atoms with van der Waals surface area (Å²) in [6.45, 7) is 0.